The van der Waals surface area contributed by atoms with Crippen molar-refractivity contribution >= 4 is 33.2 Å². The Balaban J connectivity index is 1.86. The molecule has 0 unspecified atom stereocenters. The molecule has 1 aliphatic heterocycles. The van der Waals surface area contributed by atoms with Crippen LogP contribution in [-0.2, 0) is 10.0 Å². The summed E-state index contributed by atoms with van der Waals surface area (Å²) in [5, 5.41) is 2.91. The number of aromatic nitrogens is 1. The topological polar surface area (TPSA) is 79.4 Å². The average Bonchev–Trinajstić information content (AvgIpc) is 2.94. The summed E-state index contributed by atoms with van der Waals surface area (Å²) in [7, 11) is -3.62. The molecule has 6 nitrogen and oxygen atoms in total. The first-order valence-corrected chi connectivity index (χ1v) is 10.3. The number of nitrogens with zero attached hydrogens (tertiary/aromatic N) is 2. The fraction of sp³-hybridized carbons (Fsp3) is 0.333. The summed E-state index contributed by atoms with van der Waals surface area (Å²) >= 11 is 6.15. The van der Waals surface area contributed by atoms with Crippen LogP contribution in [0.1, 0.15) is 36.2 Å². The Labute approximate surface area is 158 Å². The third kappa shape index (κ3) is 4.23. The lowest BCUT2D eigenvalue weighted by Crippen LogP contribution is -2.32. The molecule has 1 fully saturated rings. The zero-order valence-corrected chi connectivity index (χ0v) is 15.8. The molecule has 0 spiro atoms. The van der Waals surface area contributed by atoms with E-state index in [1.54, 1.807) is 18.2 Å². The second-order valence-corrected chi connectivity index (χ2v) is 8.47. The van der Waals surface area contributed by atoms with E-state index in [0.29, 0.717) is 13.1 Å². The van der Waals surface area contributed by atoms with Gasteiger partial charge in [0.2, 0.25) is 10.0 Å². The Morgan fingerprint density at radius 1 is 1.08 bits per heavy atom. The maximum Gasteiger partial charge on any atom is 0.274 e. The molecule has 3 rings (SSSR count). The number of nitrogens with one attached hydrogen (secondary N) is 1. The van der Waals surface area contributed by atoms with Crippen LogP contribution in [-0.4, -0.2) is 36.7 Å². The van der Waals surface area contributed by atoms with Gasteiger partial charge in [0.05, 0.1) is 15.6 Å². The van der Waals surface area contributed by atoms with Crippen molar-refractivity contribution in [1.29, 1.82) is 0 Å². The second kappa shape index (κ2) is 8.16. The van der Waals surface area contributed by atoms with Gasteiger partial charge in [0, 0.05) is 19.3 Å². The minimum Gasteiger partial charge on any atom is -0.319 e. The SMILES string of the molecule is O=C(Nc1cc(S(=O)(=O)N2CCCCCC2)ccc1Cl)c1ccccn1. The molecule has 2 aromatic rings. The molecule has 2 heterocycles. The van der Waals surface area contributed by atoms with Gasteiger partial charge in [0.25, 0.3) is 5.91 Å². The summed E-state index contributed by atoms with van der Waals surface area (Å²) in [6, 6.07) is 9.34. The Morgan fingerprint density at radius 2 is 1.81 bits per heavy atom. The van der Waals surface area contributed by atoms with Gasteiger partial charge in [0.15, 0.2) is 0 Å². The summed E-state index contributed by atoms with van der Waals surface area (Å²) in [6.45, 7) is 1.03. The lowest BCUT2D eigenvalue weighted by atomic mass is 10.2. The van der Waals surface area contributed by atoms with Crippen LogP contribution in [0.25, 0.3) is 0 Å². The quantitative estimate of drug-likeness (QED) is 0.861. The Kier molecular flexibility index (Phi) is 5.90. The Morgan fingerprint density at radius 3 is 2.46 bits per heavy atom. The van der Waals surface area contributed by atoms with E-state index in [1.165, 1.54) is 28.7 Å². The number of hydrogen-bond acceptors (Lipinski definition) is 4. The first-order chi connectivity index (χ1) is 12.5. The number of halogens is 1. The van der Waals surface area contributed by atoms with Crippen LogP contribution in [0.2, 0.25) is 5.02 Å². The highest BCUT2D eigenvalue weighted by atomic mass is 35.5. The molecule has 0 saturated carbocycles. The third-order valence-corrected chi connectivity index (χ3v) is 6.51. The van der Waals surface area contributed by atoms with Crippen molar-refractivity contribution in [2.75, 3.05) is 18.4 Å². The van der Waals surface area contributed by atoms with Gasteiger partial charge in [-0.05, 0) is 43.2 Å². The molecule has 1 aromatic carbocycles. The molecule has 1 aliphatic rings. The van der Waals surface area contributed by atoms with E-state index in [0.717, 1.165) is 25.7 Å². The maximum atomic E-state index is 12.9. The minimum atomic E-state index is -3.62. The summed E-state index contributed by atoms with van der Waals surface area (Å²) < 4.78 is 27.3. The highest BCUT2D eigenvalue weighted by Crippen LogP contribution is 2.28. The molecule has 26 heavy (non-hydrogen) atoms. The molecule has 8 heteroatoms. The average molecular weight is 394 g/mol. The number of carbonyl (C=O) groups excluding carboxylic acids is 1. The number of hydrogen-bond donors (Lipinski definition) is 1. The molecule has 1 saturated heterocycles. The van der Waals surface area contributed by atoms with E-state index in [1.807, 2.05) is 0 Å². The molecular formula is C18H20ClN3O3S. The zero-order valence-electron chi connectivity index (χ0n) is 14.2. The van der Waals surface area contributed by atoms with Crippen molar-refractivity contribution in [2.24, 2.45) is 0 Å². The lowest BCUT2D eigenvalue weighted by Gasteiger charge is -2.20. The van der Waals surface area contributed by atoms with Crippen molar-refractivity contribution in [3.8, 4) is 0 Å². The number of anilines is 1. The summed E-state index contributed by atoms with van der Waals surface area (Å²) in [4.78, 5) is 16.4. The minimum absolute atomic E-state index is 0.125. The molecule has 138 valence electrons. The number of pyridine rings is 1. The van der Waals surface area contributed by atoms with Gasteiger partial charge in [-0.2, -0.15) is 4.31 Å². The van der Waals surface area contributed by atoms with E-state index in [9.17, 15) is 13.2 Å². The first kappa shape index (κ1) is 18.8. The van der Waals surface area contributed by atoms with Crippen LogP contribution in [0.4, 0.5) is 5.69 Å². The second-order valence-electron chi connectivity index (χ2n) is 6.13. The molecule has 1 N–H and O–H groups in total. The molecular weight excluding hydrogens is 374 g/mol. The zero-order chi connectivity index (χ0) is 18.6. The van der Waals surface area contributed by atoms with Crippen molar-refractivity contribution in [2.45, 2.75) is 30.6 Å². The first-order valence-electron chi connectivity index (χ1n) is 8.50. The van der Waals surface area contributed by atoms with Gasteiger partial charge in [-0.3, -0.25) is 9.78 Å². The van der Waals surface area contributed by atoms with Crippen LogP contribution in [0.3, 0.4) is 0 Å². The highest BCUT2D eigenvalue weighted by Gasteiger charge is 2.26. The van der Waals surface area contributed by atoms with Gasteiger partial charge in [-0.25, -0.2) is 8.42 Å². The summed E-state index contributed by atoms with van der Waals surface area (Å²) in [5.41, 5.74) is 0.475. The number of sulfonamides is 1. The van der Waals surface area contributed by atoms with Crippen LogP contribution in [0, 0.1) is 0 Å². The van der Waals surface area contributed by atoms with E-state index in [2.05, 4.69) is 10.3 Å². The standard InChI is InChI=1S/C18H20ClN3O3S/c19-15-9-8-14(26(24,25)22-11-5-1-2-6-12-22)13-17(15)21-18(23)16-7-3-4-10-20-16/h3-4,7-10,13H,1-2,5-6,11-12H2,(H,21,23). The van der Waals surface area contributed by atoms with Crippen LogP contribution in [0.15, 0.2) is 47.5 Å². The number of benzene rings is 1. The van der Waals surface area contributed by atoms with E-state index in [4.69, 9.17) is 11.6 Å². The monoisotopic (exact) mass is 393 g/mol. The molecule has 0 bridgehead atoms. The smallest absolute Gasteiger partial charge is 0.274 e. The number of rotatable bonds is 4. The van der Waals surface area contributed by atoms with Gasteiger partial charge in [-0.1, -0.05) is 30.5 Å². The fourth-order valence-corrected chi connectivity index (χ4v) is 4.58. The maximum absolute atomic E-state index is 12.9. The molecule has 1 amide bonds. The van der Waals surface area contributed by atoms with E-state index < -0.39 is 15.9 Å². The van der Waals surface area contributed by atoms with Crippen LogP contribution < -0.4 is 5.32 Å². The molecule has 0 radical (unpaired) electrons. The van der Waals surface area contributed by atoms with E-state index >= 15 is 0 Å². The Bertz CT molecular complexity index is 880. The van der Waals surface area contributed by atoms with Crippen molar-refractivity contribution in [1.82, 2.24) is 9.29 Å². The van der Waals surface area contributed by atoms with Crippen LogP contribution in [0.5, 0.6) is 0 Å². The Hall–Kier alpha value is -1.96. The van der Waals surface area contributed by atoms with Crippen molar-refractivity contribution < 1.29 is 13.2 Å². The molecule has 0 aliphatic carbocycles. The molecule has 1 aromatic heterocycles. The lowest BCUT2D eigenvalue weighted by molar-refractivity contribution is 0.102. The third-order valence-electron chi connectivity index (χ3n) is 4.29. The van der Waals surface area contributed by atoms with E-state index in [-0.39, 0.29) is 21.3 Å². The predicted octanol–water partition coefficient (Wildman–Crippen LogP) is 3.55. The normalized spacial score (nSPS) is 16.0. The highest BCUT2D eigenvalue weighted by molar-refractivity contribution is 7.89. The predicted molar refractivity (Wildman–Crippen MR) is 101 cm³/mol. The van der Waals surface area contributed by atoms with Crippen molar-refractivity contribution in [3.05, 3.63) is 53.3 Å². The molecule has 0 atom stereocenters. The fourth-order valence-electron chi connectivity index (χ4n) is 2.88. The van der Waals surface area contributed by atoms with Crippen molar-refractivity contribution in [3.63, 3.8) is 0 Å². The number of carbonyl (C=O) groups is 1. The number of amides is 1. The summed E-state index contributed by atoms with van der Waals surface area (Å²) in [5.74, 6) is -0.447. The van der Waals surface area contributed by atoms with Crippen LogP contribution >= 0.6 is 11.6 Å². The summed E-state index contributed by atoms with van der Waals surface area (Å²) in [6.07, 6.45) is 5.30. The largest absolute Gasteiger partial charge is 0.319 e. The van der Waals surface area contributed by atoms with Gasteiger partial charge < -0.3 is 5.32 Å². The van der Waals surface area contributed by atoms with Gasteiger partial charge in [-0.15, -0.1) is 0 Å². The van der Waals surface area contributed by atoms with Gasteiger partial charge >= 0.3 is 0 Å². The van der Waals surface area contributed by atoms with Gasteiger partial charge in [0.1, 0.15) is 5.69 Å².